The second kappa shape index (κ2) is 8.28. The third kappa shape index (κ3) is 4.15. The highest BCUT2D eigenvalue weighted by Gasteiger charge is 2.26. The van der Waals surface area contributed by atoms with E-state index in [4.69, 9.17) is 0 Å². The molecule has 2 aliphatic heterocycles. The first kappa shape index (κ1) is 20.7. The Balaban J connectivity index is 1.48. The van der Waals surface area contributed by atoms with Gasteiger partial charge in [0.1, 0.15) is 0 Å². The summed E-state index contributed by atoms with van der Waals surface area (Å²) in [6.45, 7) is 6.41. The first-order chi connectivity index (χ1) is 14.4. The van der Waals surface area contributed by atoms with Crippen LogP contribution in [0.2, 0.25) is 0 Å². The normalized spacial score (nSPS) is 17.1. The maximum absolute atomic E-state index is 12.9. The number of hydrogen-bond acceptors (Lipinski definition) is 5. The molecule has 0 saturated carbocycles. The van der Waals surface area contributed by atoms with Crippen molar-refractivity contribution in [3.63, 3.8) is 0 Å². The highest BCUT2D eigenvalue weighted by Crippen LogP contribution is 2.31. The molecule has 0 bridgehead atoms. The highest BCUT2D eigenvalue weighted by molar-refractivity contribution is 7.92. The number of amides is 1. The Morgan fingerprint density at radius 1 is 1.00 bits per heavy atom. The monoisotopic (exact) mass is 428 g/mol. The smallest absolute Gasteiger partial charge is 0.261 e. The van der Waals surface area contributed by atoms with Crippen LogP contribution in [0.3, 0.4) is 0 Å². The van der Waals surface area contributed by atoms with Crippen LogP contribution in [0, 0.1) is 0 Å². The summed E-state index contributed by atoms with van der Waals surface area (Å²) < 4.78 is 28.4. The molecule has 0 aliphatic carbocycles. The number of nitrogens with one attached hydrogen (secondary N) is 1. The summed E-state index contributed by atoms with van der Waals surface area (Å²) in [7, 11) is -1.58. The molecule has 0 atom stereocenters. The van der Waals surface area contributed by atoms with E-state index >= 15 is 0 Å². The van der Waals surface area contributed by atoms with Gasteiger partial charge in [-0.05, 0) is 61.5 Å². The molecule has 1 N–H and O–H groups in total. The Morgan fingerprint density at radius 3 is 2.37 bits per heavy atom. The number of rotatable bonds is 5. The van der Waals surface area contributed by atoms with E-state index in [1.54, 1.807) is 35.2 Å². The first-order valence-electron chi connectivity index (χ1n) is 10.4. The van der Waals surface area contributed by atoms with Crippen molar-refractivity contribution in [1.82, 2.24) is 4.90 Å². The highest BCUT2D eigenvalue weighted by atomic mass is 32.2. The van der Waals surface area contributed by atoms with E-state index in [2.05, 4.69) is 21.6 Å². The number of fused-ring (bicyclic) bond motifs is 1. The molecule has 1 amide bonds. The van der Waals surface area contributed by atoms with E-state index in [0.717, 1.165) is 43.1 Å². The average molecular weight is 429 g/mol. The molecule has 2 aliphatic rings. The SMILES string of the molecule is CCC(=O)N1CCc2cc(S(=O)(=O)Nc3ccc(N4CCN(C)CC4)cc3)ccc21. The van der Waals surface area contributed by atoms with Gasteiger partial charge in [0.2, 0.25) is 5.91 Å². The third-order valence-corrected chi connectivity index (χ3v) is 7.23. The Morgan fingerprint density at radius 2 is 1.70 bits per heavy atom. The molecule has 2 aromatic rings. The molecule has 160 valence electrons. The van der Waals surface area contributed by atoms with Gasteiger partial charge in [-0.25, -0.2) is 8.42 Å². The molecule has 7 nitrogen and oxygen atoms in total. The number of sulfonamides is 1. The summed E-state index contributed by atoms with van der Waals surface area (Å²) in [4.78, 5) is 18.6. The number of carbonyl (C=O) groups is 1. The number of likely N-dealkylation sites (N-methyl/N-ethyl adjacent to an activating group) is 1. The fourth-order valence-electron chi connectivity index (χ4n) is 4.01. The van der Waals surface area contributed by atoms with Gasteiger partial charge in [-0.3, -0.25) is 9.52 Å². The zero-order chi connectivity index (χ0) is 21.3. The number of benzene rings is 2. The summed E-state index contributed by atoms with van der Waals surface area (Å²) in [5.41, 5.74) is 3.35. The number of piperazine rings is 1. The van der Waals surface area contributed by atoms with E-state index in [9.17, 15) is 13.2 Å². The summed E-state index contributed by atoms with van der Waals surface area (Å²) in [5, 5.41) is 0. The quantitative estimate of drug-likeness (QED) is 0.792. The molecule has 30 heavy (non-hydrogen) atoms. The molecule has 2 heterocycles. The van der Waals surface area contributed by atoms with Gasteiger partial charge in [-0.2, -0.15) is 0 Å². The van der Waals surface area contributed by atoms with Gasteiger partial charge >= 0.3 is 0 Å². The van der Waals surface area contributed by atoms with Gasteiger partial charge in [-0.15, -0.1) is 0 Å². The molecular formula is C22H28N4O3S. The Labute approximate surface area is 178 Å². The summed E-state index contributed by atoms with van der Waals surface area (Å²) in [6, 6.07) is 12.5. The topological polar surface area (TPSA) is 73.0 Å². The summed E-state index contributed by atoms with van der Waals surface area (Å²) in [5.74, 6) is 0.0583. The van der Waals surface area contributed by atoms with Crippen LogP contribution in [-0.2, 0) is 21.2 Å². The second-order valence-corrected chi connectivity index (χ2v) is 9.56. The molecule has 0 spiro atoms. The predicted octanol–water partition coefficient (Wildman–Crippen LogP) is 2.54. The maximum Gasteiger partial charge on any atom is 0.261 e. The molecule has 0 radical (unpaired) electrons. The fourth-order valence-corrected chi connectivity index (χ4v) is 5.12. The summed E-state index contributed by atoms with van der Waals surface area (Å²) >= 11 is 0. The van der Waals surface area contributed by atoms with E-state index in [0.29, 0.717) is 25.1 Å². The molecule has 8 heteroatoms. The lowest BCUT2D eigenvalue weighted by Crippen LogP contribution is -2.44. The van der Waals surface area contributed by atoms with Crippen LogP contribution in [0.1, 0.15) is 18.9 Å². The van der Waals surface area contributed by atoms with Crippen LogP contribution in [0.4, 0.5) is 17.1 Å². The van der Waals surface area contributed by atoms with Crippen LogP contribution >= 0.6 is 0 Å². The van der Waals surface area contributed by atoms with E-state index in [1.165, 1.54) is 0 Å². The van der Waals surface area contributed by atoms with Crippen LogP contribution < -0.4 is 14.5 Å². The van der Waals surface area contributed by atoms with Crippen molar-refractivity contribution in [1.29, 1.82) is 0 Å². The largest absolute Gasteiger partial charge is 0.369 e. The van der Waals surface area contributed by atoms with Crippen molar-refractivity contribution in [2.24, 2.45) is 0 Å². The lowest BCUT2D eigenvalue weighted by atomic mass is 10.2. The lowest BCUT2D eigenvalue weighted by molar-refractivity contribution is -0.118. The van der Waals surface area contributed by atoms with Crippen molar-refractivity contribution in [3.8, 4) is 0 Å². The molecular weight excluding hydrogens is 400 g/mol. The zero-order valence-corrected chi connectivity index (χ0v) is 18.3. The van der Waals surface area contributed by atoms with Crippen molar-refractivity contribution in [2.45, 2.75) is 24.7 Å². The Kier molecular flexibility index (Phi) is 5.71. The maximum atomic E-state index is 12.9. The third-order valence-electron chi connectivity index (χ3n) is 5.85. The van der Waals surface area contributed by atoms with Crippen molar-refractivity contribution in [3.05, 3.63) is 48.0 Å². The molecule has 1 fully saturated rings. The molecule has 2 aromatic carbocycles. The van der Waals surface area contributed by atoms with Crippen LogP contribution in [0.5, 0.6) is 0 Å². The molecule has 0 aromatic heterocycles. The van der Waals surface area contributed by atoms with Crippen molar-refractivity contribution < 1.29 is 13.2 Å². The Bertz CT molecular complexity index is 1030. The van der Waals surface area contributed by atoms with Gasteiger partial charge < -0.3 is 14.7 Å². The van der Waals surface area contributed by atoms with E-state index < -0.39 is 10.0 Å². The van der Waals surface area contributed by atoms with Gasteiger partial charge in [0.15, 0.2) is 0 Å². The minimum atomic E-state index is -3.70. The predicted molar refractivity (Wildman–Crippen MR) is 120 cm³/mol. The van der Waals surface area contributed by atoms with Crippen molar-refractivity contribution in [2.75, 3.05) is 54.3 Å². The van der Waals surface area contributed by atoms with Crippen LogP contribution in [0.15, 0.2) is 47.4 Å². The minimum Gasteiger partial charge on any atom is -0.369 e. The summed E-state index contributed by atoms with van der Waals surface area (Å²) in [6.07, 6.45) is 1.11. The minimum absolute atomic E-state index is 0.0583. The van der Waals surface area contributed by atoms with Gasteiger partial charge in [-0.1, -0.05) is 6.92 Å². The van der Waals surface area contributed by atoms with Gasteiger partial charge in [0.05, 0.1) is 4.90 Å². The fraction of sp³-hybridized carbons (Fsp3) is 0.409. The first-order valence-corrected chi connectivity index (χ1v) is 11.9. The van der Waals surface area contributed by atoms with Gasteiger partial charge in [0, 0.05) is 56.2 Å². The average Bonchev–Trinajstić information content (AvgIpc) is 3.17. The molecule has 0 unspecified atom stereocenters. The van der Waals surface area contributed by atoms with Gasteiger partial charge in [0.25, 0.3) is 10.0 Å². The Hall–Kier alpha value is -2.58. The van der Waals surface area contributed by atoms with E-state index in [1.807, 2.05) is 19.1 Å². The molecule has 4 rings (SSSR count). The lowest BCUT2D eigenvalue weighted by Gasteiger charge is -2.34. The van der Waals surface area contributed by atoms with Crippen LogP contribution in [0.25, 0.3) is 0 Å². The molecule has 1 saturated heterocycles. The number of hydrogen-bond donors (Lipinski definition) is 1. The van der Waals surface area contributed by atoms with Crippen molar-refractivity contribution >= 4 is 33.0 Å². The number of anilines is 3. The number of carbonyl (C=O) groups excluding carboxylic acids is 1. The second-order valence-electron chi connectivity index (χ2n) is 7.88. The van der Waals surface area contributed by atoms with Crippen LogP contribution in [-0.4, -0.2) is 59.0 Å². The standard InChI is InChI=1S/C22H28N4O3S/c1-3-22(27)26-11-10-17-16-20(8-9-21(17)26)30(28,29)23-18-4-6-19(7-5-18)25-14-12-24(2)13-15-25/h4-9,16,23H,3,10-15H2,1-2H3. The number of nitrogens with zero attached hydrogens (tertiary/aromatic N) is 3. The zero-order valence-electron chi connectivity index (χ0n) is 17.5. The van der Waals surface area contributed by atoms with E-state index in [-0.39, 0.29) is 10.8 Å².